The van der Waals surface area contributed by atoms with Crippen LogP contribution in [0.5, 0.6) is 0 Å². The molecular weight excluding hydrogens is 346 g/mol. The van der Waals surface area contributed by atoms with Crippen LogP contribution in [0.4, 0.5) is 0 Å². The number of hydrogen-bond acceptors (Lipinski definition) is 6. The van der Waals surface area contributed by atoms with Crippen molar-refractivity contribution in [2.75, 3.05) is 0 Å². The summed E-state index contributed by atoms with van der Waals surface area (Å²) in [4.78, 5) is 25.4. The van der Waals surface area contributed by atoms with Gasteiger partial charge in [-0.2, -0.15) is 0 Å². The summed E-state index contributed by atoms with van der Waals surface area (Å²) in [6, 6.07) is 0. The van der Waals surface area contributed by atoms with Crippen LogP contribution in [0, 0.1) is 5.92 Å². The van der Waals surface area contributed by atoms with E-state index in [1.807, 2.05) is 27.7 Å². The Balaban J connectivity index is 0.00000676. The highest BCUT2D eigenvalue weighted by molar-refractivity contribution is 6.25. The van der Waals surface area contributed by atoms with Crippen LogP contribution in [0.2, 0.25) is 0 Å². The van der Waals surface area contributed by atoms with Gasteiger partial charge in [-0.1, -0.05) is 37.1 Å². The van der Waals surface area contributed by atoms with Gasteiger partial charge in [0.1, 0.15) is 17.1 Å². The SMILES string of the molecule is CC(C)=CCC1=C(O)[C@@](O)(CC=C(C)C)C(=O)C(C(=O)CC(C)C)=C1O.N. The minimum Gasteiger partial charge on any atom is -0.508 e. The molecule has 1 atom stereocenters. The van der Waals surface area contributed by atoms with Crippen molar-refractivity contribution in [2.45, 2.75) is 66.4 Å². The van der Waals surface area contributed by atoms with E-state index in [-0.39, 0.29) is 36.9 Å². The molecule has 1 rings (SSSR count). The summed E-state index contributed by atoms with van der Waals surface area (Å²) in [5.74, 6) is -2.60. The number of ketones is 2. The maximum Gasteiger partial charge on any atom is 0.209 e. The molecule has 0 bridgehead atoms. The molecule has 6 heteroatoms. The Morgan fingerprint density at radius 3 is 2.04 bits per heavy atom. The molecule has 0 heterocycles. The maximum absolute atomic E-state index is 12.9. The molecule has 0 saturated carbocycles. The molecule has 6 nitrogen and oxygen atoms in total. The summed E-state index contributed by atoms with van der Waals surface area (Å²) in [5.41, 5.74) is -0.839. The van der Waals surface area contributed by atoms with Crippen molar-refractivity contribution in [2.24, 2.45) is 5.92 Å². The van der Waals surface area contributed by atoms with E-state index in [9.17, 15) is 24.9 Å². The summed E-state index contributed by atoms with van der Waals surface area (Å²) in [7, 11) is 0. The van der Waals surface area contributed by atoms with Crippen LogP contribution in [0.1, 0.15) is 60.8 Å². The number of hydrogen-bond donors (Lipinski definition) is 4. The van der Waals surface area contributed by atoms with Crippen molar-refractivity contribution >= 4 is 11.6 Å². The highest BCUT2D eigenvalue weighted by Gasteiger charge is 2.49. The normalized spacial score (nSPS) is 19.8. The van der Waals surface area contributed by atoms with Crippen molar-refractivity contribution in [3.8, 4) is 0 Å². The van der Waals surface area contributed by atoms with Gasteiger partial charge in [-0.15, -0.1) is 0 Å². The zero-order valence-electron chi connectivity index (χ0n) is 17.2. The highest BCUT2D eigenvalue weighted by Crippen LogP contribution is 2.38. The molecule has 27 heavy (non-hydrogen) atoms. The van der Waals surface area contributed by atoms with Gasteiger partial charge in [-0.25, -0.2) is 0 Å². The van der Waals surface area contributed by atoms with Gasteiger partial charge in [0.05, 0.1) is 0 Å². The summed E-state index contributed by atoms with van der Waals surface area (Å²) < 4.78 is 0. The Morgan fingerprint density at radius 1 is 1.07 bits per heavy atom. The predicted octanol–water partition coefficient (Wildman–Crippen LogP) is 4.41. The number of rotatable bonds is 7. The quantitative estimate of drug-likeness (QED) is 0.383. The van der Waals surface area contributed by atoms with Crippen molar-refractivity contribution < 1.29 is 24.9 Å². The molecular formula is C21H33NO5. The fraction of sp³-hybridized carbons (Fsp3) is 0.524. The first-order valence-corrected chi connectivity index (χ1v) is 8.85. The standard InChI is InChI=1S/C21H30O5.H3N/c1-12(2)7-8-15-18(23)17(16(22)11-14(5)6)20(25)21(26,19(15)24)10-9-13(3)4;/h7,9,14,23-24,26H,8,10-11H2,1-6H3;1H3/t21-;/m0./s1. The Morgan fingerprint density at radius 2 is 1.59 bits per heavy atom. The number of allylic oxidation sites excluding steroid dienone is 4. The van der Waals surface area contributed by atoms with Gasteiger partial charge in [0.15, 0.2) is 11.4 Å². The van der Waals surface area contributed by atoms with Crippen LogP contribution in [0.15, 0.2) is 46.0 Å². The first-order chi connectivity index (χ1) is 11.9. The first-order valence-electron chi connectivity index (χ1n) is 8.85. The summed E-state index contributed by atoms with van der Waals surface area (Å²) in [5, 5.41) is 32.1. The van der Waals surface area contributed by atoms with E-state index in [4.69, 9.17) is 0 Å². The lowest BCUT2D eigenvalue weighted by molar-refractivity contribution is -0.135. The van der Waals surface area contributed by atoms with Gasteiger partial charge in [0.2, 0.25) is 5.78 Å². The van der Waals surface area contributed by atoms with Crippen molar-refractivity contribution in [3.63, 3.8) is 0 Å². The molecule has 6 N–H and O–H groups in total. The third-order valence-electron chi connectivity index (χ3n) is 4.20. The van der Waals surface area contributed by atoms with Crippen LogP contribution in [-0.2, 0) is 9.59 Å². The number of aliphatic hydroxyl groups excluding tert-OH is 2. The Bertz CT molecular complexity index is 717. The smallest absolute Gasteiger partial charge is 0.209 e. The molecule has 0 saturated heterocycles. The van der Waals surface area contributed by atoms with E-state index in [0.29, 0.717) is 0 Å². The zero-order chi connectivity index (χ0) is 20.2. The van der Waals surface area contributed by atoms with Gasteiger partial charge in [0.25, 0.3) is 0 Å². The lowest BCUT2D eigenvalue weighted by Crippen LogP contribution is -2.46. The Kier molecular flexibility index (Phi) is 8.89. The second kappa shape index (κ2) is 9.67. The minimum absolute atomic E-state index is 0. The van der Waals surface area contributed by atoms with Gasteiger partial charge in [0, 0.05) is 18.4 Å². The number of Topliss-reactive ketones (excluding diaryl/α,β-unsaturated/α-hetero) is 2. The summed E-state index contributed by atoms with van der Waals surface area (Å²) >= 11 is 0. The van der Waals surface area contributed by atoms with Crippen LogP contribution in [0.25, 0.3) is 0 Å². The van der Waals surface area contributed by atoms with Gasteiger partial charge >= 0.3 is 0 Å². The lowest BCUT2D eigenvalue weighted by Gasteiger charge is -2.32. The van der Waals surface area contributed by atoms with Gasteiger partial charge in [-0.05, 0) is 40.0 Å². The molecule has 0 unspecified atom stereocenters. The topological polar surface area (TPSA) is 130 Å². The molecule has 0 amide bonds. The molecule has 0 spiro atoms. The number of carbonyl (C=O) groups excluding carboxylic acids is 2. The Hall–Kier alpha value is -2.18. The molecule has 152 valence electrons. The van der Waals surface area contributed by atoms with E-state index in [1.165, 1.54) is 0 Å². The number of carbonyl (C=O) groups is 2. The van der Waals surface area contributed by atoms with Gasteiger partial charge < -0.3 is 21.5 Å². The summed E-state index contributed by atoms with van der Waals surface area (Å²) in [6.07, 6.45) is 3.40. The van der Waals surface area contributed by atoms with Crippen LogP contribution in [-0.4, -0.2) is 32.5 Å². The fourth-order valence-corrected chi connectivity index (χ4v) is 2.71. The summed E-state index contributed by atoms with van der Waals surface area (Å²) in [6.45, 7) is 11.0. The minimum atomic E-state index is -2.24. The second-order valence-electron chi connectivity index (χ2n) is 7.73. The average molecular weight is 379 g/mol. The van der Waals surface area contributed by atoms with E-state index < -0.39 is 34.3 Å². The molecule has 0 fully saturated rings. The monoisotopic (exact) mass is 379 g/mol. The third kappa shape index (κ3) is 5.65. The molecule has 0 aromatic heterocycles. The van der Waals surface area contributed by atoms with Crippen molar-refractivity contribution in [3.05, 3.63) is 46.0 Å². The van der Waals surface area contributed by atoms with Gasteiger partial charge in [-0.3, -0.25) is 9.59 Å². The third-order valence-corrected chi connectivity index (χ3v) is 4.20. The first kappa shape index (κ1) is 24.8. The van der Waals surface area contributed by atoms with E-state index in [0.717, 1.165) is 11.1 Å². The predicted molar refractivity (Wildman–Crippen MR) is 107 cm³/mol. The molecule has 0 radical (unpaired) electrons. The van der Waals surface area contributed by atoms with E-state index in [2.05, 4.69) is 0 Å². The molecule has 0 aromatic rings. The van der Waals surface area contributed by atoms with Crippen LogP contribution < -0.4 is 6.15 Å². The highest BCUT2D eigenvalue weighted by atomic mass is 16.3. The van der Waals surface area contributed by atoms with E-state index in [1.54, 1.807) is 26.0 Å². The van der Waals surface area contributed by atoms with Crippen LogP contribution >= 0.6 is 0 Å². The average Bonchev–Trinajstić information content (AvgIpc) is 2.50. The largest absolute Gasteiger partial charge is 0.508 e. The zero-order valence-corrected chi connectivity index (χ0v) is 17.2. The van der Waals surface area contributed by atoms with Crippen molar-refractivity contribution in [1.82, 2.24) is 6.15 Å². The van der Waals surface area contributed by atoms with Crippen LogP contribution in [0.3, 0.4) is 0 Å². The fourth-order valence-electron chi connectivity index (χ4n) is 2.71. The second-order valence-corrected chi connectivity index (χ2v) is 7.73. The molecule has 0 aromatic carbocycles. The number of aliphatic hydroxyl groups is 3. The molecule has 1 aliphatic rings. The van der Waals surface area contributed by atoms with E-state index >= 15 is 0 Å². The maximum atomic E-state index is 12.9. The van der Waals surface area contributed by atoms with Crippen molar-refractivity contribution in [1.29, 1.82) is 0 Å². The molecule has 0 aliphatic heterocycles. The lowest BCUT2D eigenvalue weighted by atomic mass is 9.76. The molecule has 1 aliphatic carbocycles. The Labute approximate surface area is 161 Å².